The quantitative estimate of drug-likeness (QED) is 0.108. The summed E-state index contributed by atoms with van der Waals surface area (Å²) in [7, 11) is -0.811. The van der Waals surface area contributed by atoms with Crippen LogP contribution < -0.4 is 10.6 Å². The zero-order valence-electron chi connectivity index (χ0n) is 31.1. The third kappa shape index (κ3) is 15.2. The van der Waals surface area contributed by atoms with Gasteiger partial charge in [-0.3, -0.25) is 0 Å². The molecule has 55 heavy (non-hydrogen) atoms. The molecule has 0 spiro atoms. The van der Waals surface area contributed by atoms with Gasteiger partial charge >= 0.3 is 0 Å². The van der Waals surface area contributed by atoms with Crippen molar-refractivity contribution in [2.45, 2.75) is 12.5 Å². The normalized spacial score (nSPS) is 10.5. The first-order chi connectivity index (χ1) is 26.5. The van der Waals surface area contributed by atoms with Crippen LogP contribution in [0.2, 0.25) is 0 Å². The predicted octanol–water partition coefficient (Wildman–Crippen LogP) is 13.4. The molecule has 0 N–H and O–H groups in total. The summed E-state index contributed by atoms with van der Waals surface area (Å²) in [4.78, 5) is 0. The first-order valence-corrected chi connectivity index (χ1v) is 19.4. The van der Waals surface area contributed by atoms with Crippen molar-refractivity contribution in [2.75, 3.05) is 0 Å². The number of benzene rings is 8. The molecule has 0 bridgehead atoms. The average Bonchev–Trinajstić information content (AvgIpc) is 3.23. The van der Waals surface area contributed by atoms with Gasteiger partial charge in [0.25, 0.3) is 0 Å². The number of hydrogen-bond donors (Lipinski definition) is 0. The van der Waals surface area contributed by atoms with Crippen molar-refractivity contribution in [1.82, 2.24) is 0 Å². The van der Waals surface area contributed by atoms with Crippen LogP contribution in [0.15, 0.2) is 224 Å². The Morgan fingerprint density at radius 1 is 0.400 bits per heavy atom. The largest absolute Gasteiger partial charge is 0.695 e. The standard InChI is InChI=1S/C30H25N2P.3C7H7.Zr/c1-4-12-24(13-5-1)23-31-30(32-27-21-20-25-14-10-11-15-26(25)22-27)33(28-16-6-2-7-17-28)29-18-8-3-9-19-29;3*1-7-5-3-2-4-6-7;/h1-22,30H,23H2;3*2-6H,1H2;/q-2;3*-1;. The van der Waals surface area contributed by atoms with Crippen LogP contribution >= 0.6 is 7.92 Å². The smallest absolute Gasteiger partial charge is 0 e. The van der Waals surface area contributed by atoms with Gasteiger partial charge in [0.1, 0.15) is 0 Å². The minimum Gasteiger partial charge on any atom is -0.695 e. The fourth-order valence-electron chi connectivity index (χ4n) is 5.37. The molecule has 0 aliphatic rings. The molecule has 8 aromatic rings. The molecule has 0 saturated heterocycles. The summed E-state index contributed by atoms with van der Waals surface area (Å²) in [6.07, 6.45) is 0. The van der Waals surface area contributed by atoms with Crippen molar-refractivity contribution in [1.29, 1.82) is 0 Å². The van der Waals surface area contributed by atoms with Crippen LogP contribution in [0.5, 0.6) is 0 Å². The Hall–Kier alpha value is -5.30. The Kier molecular flexibility index (Phi) is 18.7. The Balaban J connectivity index is 0.000000246. The molecule has 274 valence electrons. The topological polar surface area (TPSA) is 28.2 Å². The molecule has 2 nitrogen and oxygen atoms in total. The van der Waals surface area contributed by atoms with Crippen LogP contribution in [-0.2, 0) is 32.7 Å². The Labute approximate surface area is 349 Å². The van der Waals surface area contributed by atoms with Gasteiger partial charge in [-0.05, 0) is 21.4 Å². The van der Waals surface area contributed by atoms with Crippen LogP contribution in [0.25, 0.3) is 21.4 Å². The van der Waals surface area contributed by atoms with Crippen molar-refractivity contribution in [3.05, 3.63) is 278 Å². The van der Waals surface area contributed by atoms with Crippen LogP contribution in [0.4, 0.5) is 5.69 Å². The summed E-state index contributed by atoms with van der Waals surface area (Å²) >= 11 is 0. The van der Waals surface area contributed by atoms with Gasteiger partial charge in [-0.25, -0.2) is 0 Å². The minimum atomic E-state index is -0.811. The second-order valence-electron chi connectivity index (χ2n) is 12.3. The molecule has 4 heteroatoms. The second kappa shape index (κ2) is 24.2. The molecule has 1 atom stereocenters. The van der Waals surface area contributed by atoms with Gasteiger partial charge in [-0.15, -0.1) is 48.6 Å². The third-order valence-corrected chi connectivity index (χ3v) is 10.6. The van der Waals surface area contributed by atoms with Crippen LogP contribution in [0.1, 0.15) is 22.3 Å². The molecular formula is C51H46N2PZr-5. The minimum absolute atomic E-state index is 0. The van der Waals surface area contributed by atoms with Crippen LogP contribution in [0, 0.1) is 20.8 Å². The number of rotatable bonds is 8. The van der Waals surface area contributed by atoms with Gasteiger partial charge in [-0.1, -0.05) is 165 Å². The van der Waals surface area contributed by atoms with E-state index in [0.29, 0.717) is 6.54 Å². The SMILES string of the molecule is [CH2-]c1ccccc1.[CH2-]c1ccccc1.[CH2-]c1ccccc1.[Zr].c1ccc(C[N-]C([N-]c2ccc3ccccc3c2)P(c2ccccc2)c2ccccc2)cc1. The zero-order valence-corrected chi connectivity index (χ0v) is 34.5. The summed E-state index contributed by atoms with van der Waals surface area (Å²) < 4.78 is 0. The maximum Gasteiger partial charge on any atom is 0 e. The molecule has 0 aliphatic heterocycles. The van der Waals surface area contributed by atoms with E-state index in [9.17, 15) is 0 Å². The molecule has 8 rings (SSSR count). The monoisotopic (exact) mass is 807 g/mol. The Morgan fingerprint density at radius 2 is 0.764 bits per heavy atom. The van der Waals surface area contributed by atoms with Gasteiger partial charge in [0, 0.05) is 26.2 Å². The van der Waals surface area contributed by atoms with Gasteiger partial charge in [0.05, 0.1) is 0 Å². The summed E-state index contributed by atoms with van der Waals surface area (Å²) in [6.45, 7) is 11.8. The van der Waals surface area contributed by atoms with Gasteiger partial charge < -0.3 is 10.6 Å². The van der Waals surface area contributed by atoms with E-state index >= 15 is 0 Å². The molecule has 0 saturated carbocycles. The van der Waals surface area contributed by atoms with Gasteiger partial charge in [-0.2, -0.15) is 79.8 Å². The van der Waals surface area contributed by atoms with Crippen LogP contribution in [-0.4, -0.2) is 5.91 Å². The van der Waals surface area contributed by atoms with E-state index in [0.717, 1.165) is 22.4 Å². The van der Waals surface area contributed by atoms with E-state index in [2.05, 4.69) is 148 Å². The second-order valence-corrected chi connectivity index (χ2v) is 14.6. The summed E-state index contributed by atoms with van der Waals surface area (Å²) in [6, 6.07) is 76.3. The van der Waals surface area contributed by atoms with Gasteiger partial charge in [0.15, 0.2) is 0 Å². The summed E-state index contributed by atoms with van der Waals surface area (Å²) in [5.41, 5.74) is 5.38. The molecular weight excluding hydrogens is 763 g/mol. The molecule has 0 heterocycles. The fourth-order valence-corrected chi connectivity index (χ4v) is 7.68. The summed E-state index contributed by atoms with van der Waals surface area (Å²) in [5.74, 6) is -0.189. The van der Waals surface area contributed by atoms with Crippen molar-refractivity contribution < 1.29 is 26.2 Å². The number of hydrogen-bond acceptors (Lipinski definition) is 0. The van der Waals surface area contributed by atoms with E-state index in [1.165, 1.54) is 26.9 Å². The van der Waals surface area contributed by atoms with Gasteiger partial charge in [0.2, 0.25) is 0 Å². The van der Waals surface area contributed by atoms with E-state index < -0.39 is 7.92 Å². The van der Waals surface area contributed by atoms with Crippen molar-refractivity contribution >= 4 is 35.0 Å². The van der Waals surface area contributed by atoms with E-state index in [1.807, 2.05) is 97.1 Å². The number of nitrogens with zero attached hydrogens (tertiary/aromatic N) is 2. The Bertz CT molecular complexity index is 2040. The first-order valence-electron chi connectivity index (χ1n) is 18.0. The molecule has 0 aliphatic carbocycles. The fraction of sp³-hybridized carbons (Fsp3) is 0.0392. The van der Waals surface area contributed by atoms with Crippen molar-refractivity contribution in [3.63, 3.8) is 0 Å². The third-order valence-electron chi connectivity index (χ3n) is 8.11. The summed E-state index contributed by atoms with van der Waals surface area (Å²) in [5, 5.41) is 15.4. The van der Waals surface area contributed by atoms with E-state index in [-0.39, 0.29) is 32.1 Å². The molecule has 0 amide bonds. The molecule has 0 aromatic heterocycles. The maximum atomic E-state index is 5.24. The first kappa shape index (κ1) is 42.4. The van der Waals surface area contributed by atoms with Crippen molar-refractivity contribution in [3.8, 4) is 0 Å². The molecule has 1 unspecified atom stereocenters. The van der Waals surface area contributed by atoms with E-state index in [4.69, 9.17) is 10.6 Å². The predicted molar refractivity (Wildman–Crippen MR) is 236 cm³/mol. The molecule has 8 aromatic carbocycles. The number of fused-ring (bicyclic) bond motifs is 1. The van der Waals surface area contributed by atoms with E-state index in [1.54, 1.807) is 0 Å². The average molecular weight is 809 g/mol. The Morgan fingerprint density at radius 3 is 1.16 bits per heavy atom. The maximum absolute atomic E-state index is 5.24. The molecule has 0 fully saturated rings. The van der Waals surface area contributed by atoms with Crippen molar-refractivity contribution in [2.24, 2.45) is 0 Å². The van der Waals surface area contributed by atoms with Crippen LogP contribution in [0.3, 0.4) is 0 Å². The molecule has 0 radical (unpaired) electrons. The zero-order chi connectivity index (χ0) is 37.6.